The fourth-order valence-corrected chi connectivity index (χ4v) is 6.12. The van der Waals surface area contributed by atoms with E-state index in [9.17, 15) is 13.2 Å². The second-order valence-corrected chi connectivity index (χ2v) is 10.6. The minimum absolute atomic E-state index is 0.0263. The Morgan fingerprint density at radius 3 is 2.58 bits per heavy atom. The van der Waals surface area contributed by atoms with Gasteiger partial charge in [-0.05, 0) is 74.9 Å². The molecule has 2 aliphatic rings. The van der Waals surface area contributed by atoms with E-state index in [0.29, 0.717) is 34.6 Å². The number of H-pyrrole nitrogens is 1. The summed E-state index contributed by atoms with van der Waals surface area (Å²) >= 11 is 0. The zero-order valence-electron chi connectivity index (χ0n) is 22.5. The lowest BCUT2D eigenvalue weighted by Crippen LogP contribution is -2.43. The van der Waals surface area contributed by atoms with E-state index in [0.717, 1.165) is 63.1 Å². The van der Waals surface area contributed by atoms with Crippen LogP contribution in [0.4, 0.5) is 13.2 Å². The number of piperidine rings is 1. The number of fused-ring (bicyclic) bond motifs is 1. The number of nitrogens with one attached hydrogen (secondary N) is 1. The van der Waals surface area contributed by atoms with E-state index in [1.807, 2.05) is 19.2 Å². The van der Waals surface area contributed by atoms with E-state index in [1.165, 1.54) is 18.0 Å². The molecule has 9 nitrogen and oxygen atoms in total. The highest BCUT2D eigenvalue weighted by molar-refractivity contribution is 5.75. The molecular weight excluding hydrogens is 523 g/mol. The largest absolute Gasteiger partial charge is 0.493 e. The second kappa shape index (κ2) is 10.8. The number of alkyl halides is 3. The second-order valence-electron chi connectivity index (χ2n) is 10.6. The van der Waals surface area contributed by atoms with E-state index in [-0.39, 0.29) is 17.0 Å². The van der Waals surface area contributed by atoms with E-state index < -0.39 is 12.6 Å². The van der Waals surface area contributed by atoms with Crippen LogP contribution in [0.1, 0.15) is 48.3 Å². The molecule has 0 saturated carbocycles. The van der Waals surface area contributed by atoms with Gasteiger partial charge in [0.2, 0.25) is 0 Å². The maximum Gasteiger partial charge on any atom is 0.393 e. The molecule has 0 unspecified atom stereocenters. The van der Waals surface area contributed by atoms with Crippen LogP contribution in [0.3, 0.4) is 0 Å². The summed E-state index contributed by atoms with van der Waals surface area (Å²) in [6, 6.07) is 4.10. The highest BCUT2D eigenvalue weighted by atomic mass is 19.4. The number of methoxy groups -OCH3 is 1. The molecular formula is C28H32F3N7O2. The summed E-state index contributed by atoms with van der Waals surface area (Å²) in [7, 11) is 1.48. The number of aromatic nitrogens is 6. The van der Waals surface area contributed by atoms with Gasteiger partial charge in [-0.3, -0.25) is 10.1 Å². The molecule has 2 aliphatic heterocycles. The summed E-state index contributed by atoms with van der Waals surface area (Å²) in [6.07, 6.45) is 3.46. The number of ether oxygens (including phenoxy) is 2. The van der Waals surface area contributed by atoms with Gasteiger partial charge in [-0.25, -0.2) is 9.50 Å². The lowest BCUT2D eigenvalue weighted by Gasteiger charge is -2.39. The smallest absolute Gasteiger partial charge is 0.393 e. The number of hydrogen-bond donors (Lipinski definition) is 1. The van der Waals surface area contributed by atoms with Crippen LogP contribution in [-0.2, 0) is 11.2 Å². The van der Waals surface area contributed by atoms with Crippen LogP contribution < -0.4 is 4.74 Å². The predicted octanol–water partition coefficient (Wildman–Crippen LogP) is 4.96. The number of pyridine rings is 2. The predicted molar refractivity (Wildman–Crippen MR) is 142 cm³/mol. The van der Waals surface area contributed by atoms with Crippen LogP contribution in [0.15, 0.2) is 30.9 Å². The normalized spacial score (nSPS) is 18.0. The first kappa shape index (κ1) is 26.7. The van der Waals surface area contributed by atoms with Gasteiger partial charge in [-0.2, -0.15) is 23.4 Å². The van der Waals surface area contributed by atoms with Crippen molar-refractivity contribution in [3.05, 3.63) is 47.5 Å². The first-order chi connectivity index (χ1) is 19.3. The molecule has 0 aliphatic carbocycles. The molecule has 212 valence electrons. The quantitative estimate of drug-likeness (QED) is 0.359. The Hall–Kier alpha value is -3.51. The van der Waals surface area contributed by atoms with Crippen LogP contribution in [0.2, 0.25) is 0 Å². The van der Waals surface area contributed by atoms with Crippen LogP contribution in [0.25, 0.3) is 28.3 Å². The number of rotatable bonds is 6. The molecule has 2 saturated heterocycles. The van der Waals surface area contributed by atoms with Gasteiger partial charge in [0, 0.05) is 42.8 Å². The standard InChI is InChI=1S/C28H32F3N7O2/c1-17-11-23(32-14-22(17)18-3-7-37(8-4-18)20-5-9-40-10-6-20)26-21(13-28(29,30)31)25(35-36-26)19-12-24(39-2)27-33-16-34-38(27)15-19/h11-12,14-16,18,20H,3-10,13H2,1-2H3,(H,35,36). The van der Waals surface area contributed by atoms with Crippen LogP contribution in [0, 0.1) is 6.92 Å². The zero-order chi connectivity index (χ0) is 27.9. The maximum absolute atomic E-state index is 13.8. The van der Waals surface area contributed by atoms with E-state index in [2.05, 4.69) is 30.2 Å². The van der Waals surface area contributed by atoms with E-state index in [1.54, 1.807) is 12.3 Å². The fraction of sp³-hybridized carbons (Fsp3) is 0.500. The summed E-state index contributed by atoms with van der Waals surface area (Å²) < 4.78 is 53.7. The SMILES string of the molecule is COc1cc(-c2[nH]nc(-c3cc(C)c(C4CCN(C5CCOCC5)CC4)cn3)c2CC(F)(F)F)cn2ncnc12. The number of likely N-dealkylation sites (tertiary alicyclic amines) is 1. The van der Waals surface area contributed by atoms with Crippen molar-refractivity contribution in [3.8, 4) is 28.4 Å². The number of hydrogen-bond acceptors (Lipinski definition) is 7. The molecule has 0 aromatic carbocycles. The minimum Gasteiger partial charge on any atom is -0.493 e. The van der Waals surface area contributed by atoms with Crippen molar-refractivity contribution in [2.75, 3.05) is 33.4 Å². The summed E-state index contributed by atoms with van der Waals surface area (Å²) in [6.45, 7) is 5.75. The molecule has 0 spiro atoms. The molecule has 40 heavy (non-hydrogen) atoms. The lowest BCUT2D eigenvalue weighted by atomic mass is 9.86. The topological polar surface area (TPSA) is 93.5 Å². The minimum atomic E-state index is -4.44. The molecule has 2 fully saturated rings. The molecule has 0 atom stereocenters. The lowest BCUT2D eigenvalue weighted by molar-refractivity contribution is -0.127. The molecule has 4 aromatic heterocycles. The van der Waals surface area contributed by atoms with Crippen molar-refractivity contribution in [2.45, 2.75) is 57.2 Å². The third kappa shape index (κ3) is 5.29. The van der Waals surface area contributed by atoms with Gasteiger partial charge >= 0.3 is 6.18 Å². The summed E-state index contributed by atoms with van der Waals surface area (Å²) in [5.74, 6) is 0.772. The van der Waals surface area contributed by atoms with Crippen molar-refractivity contribution in [1.29, 1.82) is 0 Å². The monoisotopic (exact) mass is 555 g/mol. The average molecular weight is 556 g/mol. The van der Waals surface area contributed by atoms with Crippen LogP contribution in [0.5, 0.6) is 5.75 Å². The third-order valence-corrected chi connectivity index (χ3v) is 8.16. The molecule has 4 aromatic rings. The highest BCUT2D eigenvalue weighted by Gasteiger charge is 2.34. The summed E-state index contributed by atoms with van der Waals surface area (Å²) in [4.78, 5) is 11.4. The van der Waals surface area contributed by atoms with Crippen molar-refractivity contribution in [3.63, 3.8) is 0 Å². The fourth-order valence-electron chi connectivity index (χ4n) is 6.12. The van der Waals surface area contributed by atoms with Gasteiger partial charge in [0.25, 0.3) is 0 Å². The first-order valence-corrected chi connectivity index (χ1v) is 13.6. The molecule has 12 heteroatoms. The third-order valence-electron chi connectivity index (χ3n) is 8.16. The Morgan fingerprint density at radius 2 is 1.88 bits per heavy atom. The molecule has 0 amide bonds. The number of aryl methyl sites for hydroxylation is 1. The number of nitrogens with zero attached hydrogens (tertiary/aromatic N) is 6. The Bertz CT molecular complexity index is 1490. The zero-order valence-corrected chi connectivity index (χ0v) is 22.5. The average Bonchev–Trinajstić information content (AvgIpc) is 3.59. The van der Waals surface area contributed by atoms with Crippen molar-refractivity contribution in [1.82, 2.24) is 34.7 Å². The van der Waals surface area contributed by atoms with E-state index >= 15 is 0 Å². The Labute approximate surface area is 229 Å². The summed E-state index contributed by atoms with van der Waals surface area (Å²) in [5.41, 5.74) is 3.97. The molecule has 0 radical (unpaired) electrons. The van der Waals surface area contributed by atoms with Gasteiger partial charge in [-0.1, -0.05) is 0 Å². The highest BCUT2D eigenvalue weighted by Crippen LogP contribution is 2.38. The Morgan fingerprint density at radius 1 is 1.10 bits per heavy atom. The molecule has 1 N–H and O–H groups in total. The van der Waals surface area contributed by atoms with Crippen molar-refractivity contribution < 1.29 is 22.6 Å². The Kier molecular flexibility index (Phi) is 7.22. The maximum atomic E-state index is 13.8. The van der Waals surface area contributed by atoms with Gasteiger partial charge in [0.05, 0.1) is 24.9 Å². The van der Waals surface area contributed by atoms with Crippen LogP contribution in [-0.4, -0.2) is 80.3 Å². The van der Waals surface area contributed by atoms with Gasteiger partial charge in [-0.15, -0.1) is 0 Å². The van der Waals surface area contributed by atoms with E-state index in [4.69, 9.17) is 9.47 Å². The van der Waals surface area contributed by atoms with Gasteiger partial charge in [0.15, 0.2) is 11.4 Å². The molecule has 6 heterocycles. The number of halogens is 3. The van der Waals surface area contributed by atoms with Crippen molar-refractivity contribution >= 4 is 5.65 Å². The number of aromatic amines is 1. The van der Waals surface area contributed by atoms with Gasteiger partial charge in [0.1, 0.15) is 12.0 Å². The van der Waals surface area contributed by atoms with Crippen molar-refractivity contribution in [2.24, 2.45) is 0 Å². The summed E-state index contributed by atoms with van der Waals surface area (Å²) in [5, 5.41) is 11.3. The molecule has 6 rings (SSSR count). The van der Waals surface area contributed by atoms with Crippen LogP contribution >= 0.6 is 0 Å². The Balaban J connectivity index is 1.29. The first-order valence-electron chi connectivity index (χ1n) is 13.6. The van der Waals surface area contributed by atoms with Gasteiger partial charge < -0.3 is 14.4 Å². The molecule has 0 bridgehead atoms.